The van der Waals surface area contributed by atoms with Crippen molar-refractivity contribution < 1.29 is 28.0 Å². The molecule has 0 aromatic heterocycles. The number of hydrogen-bond acceptors (Lipinski definition) is 7. The molecule has 122 valence electrons. The number of aromatic hydroxyl groups is 1. The van der Waals surface area contributed by atoms with Gasteiger partial charge in [0.25, 0.3) is 10.1 Å². The Hall–Kier alpha value is -2.98. The van der Waals surface area contributed by atoms with E-state index >= 15 is 0 Å². The fourth-order valence-electron chi connectivity index (χ4n) is 1.42. The first-order valence-electron chi connectivity index (χ1n) is 5.89. The van der Waals surface area contributed by atoms with E-state index in [1.165, 1.54) is 0 Å². The molecule has 10 heteroatoms. The molecule has 0 amide bonds. The quantitative estimate of drug-likeness (QED) is 0.201. The molecule has 0 aliphatic heterocycles. The molecule has 0 bridgehead atoms. The Kier molecular flexibility index (Phi) is 5.38. The molecule has 1 aliphatic rings. The first kappa shape index (κ1) is 18.1. The number of anilines is 1. The smallest absolute Gasteiger partial charge is 0.339 e. The van der Waals surface area contributed by atoms with E-state index in [1.807, 2.05) is 0 Å². The zero-order valence-electron chi connectivity index (χ0n) is 11.5. The largest absolute Gasteiger partial charge is 0.505 e. The summed E-state index contributed by atoms with van der Waals surface area (Å²) in [7, 11) is -4.55. The Labute approximate surface area is 131 Å². The number of phenols is 1. The number of nitrogen functional groups attached to an aromatic ring is 1. The first-order valence-corrected chi connectivity index (χ1v) is 7.33. The predicted molar refractivity (Wildman–Crippen MR) is 83.0 cm³/mol. The lowest BCUT2D eigenvalue weighted by Gasteiger charge is -2.05. The van der Waals surface area contributed by atoms with Crippen LogP contribution in [0, 0.1) is 10.8 Å². The molecule has 23 heavy (non-hydrogen) atoms. The van der Waals surface area contributed by atoms with Crippen LogP contribution < -0.4 is 5.73 Å². The van der Waals surface area contributed by atoms with Crippen LogP contribution in [-0.2, 0) is 10.1 Å². The summed E-state index contributed by atoms with van der Waals surface area (Å²) in [5.74, 6) is -2.29. The summed E-state index contributed by atoms with van der Waals surface area (Å²) in [5, 5.41) is 31.8. The highest BCUT2D eigenvalue weighted by atomic mass is 32.2. The van der Waals surface area contributed by atoms with Crippen LogP contribution in [0.2, 0.25) is 0 Å². The molecule has 0 saturated heterocycles. The summed E-state index contributed by atoms with van der Waals surface area (Å²) in [4.78, 5) is 9.88. The van der Waals surface area contributed by atoms with Gasteiger partial charge in [-0.25, -0.2) is 4.79 Å². The molecule has 2 rings (SSSR count). The highest BCUT2D eigenvalue weighted by Gasteiger charge is 2.19. The van der Waals surface area contributed by atoms with Crippen LogP contribution in [0.15, 0.2) is 41.3 Å². The van der Waals surface area contributed by atoms with E-state index in [-0.39, 0.29) is 11.4 Å². The number of benzene rings is 1. The number of aromatic carboxylic acids is 1. The molecule has 7 N–H and O–H groups in total. The normalized spacial score (nSPS) is 13.4. The third-order valence-electron chi connectivity index (χ3n) is 2.57. The van der Waals surface area contributed by atoms with E-state index in [2.05, 4.69) is 0 Å². The van der Waals surface area contributed by atoms with Gasteiger partial charge in [-0.15, -0.1) is 0 Å². The highest BCUT2D eigenvalue weighted by Crippen LogP contribution is 2.28. The second-order valence-corrected chi connectivity index (χ2v) is 5.66. The molecule has 0 heterocycles. The van der Waals surface area contributed by atoms with Gasteiger partial charge >= 0.3 is 5.97 Å². The van der Waals surface area contributed by atoms with Gasteiger partial charge in [0.1, 0.15) is 5.56 Å². The summed E-state index contributed by atoms with van der Waals surface area (Å²) >= 11 is 0. The van der Waals surface area contributed by atoms with Crippen LogP contribution in [0.4, 0.5) is 5.69 Å². The fraction of sp³-hybridized carbons (Fsp3) is 0. The van der Waals surface area contributed by atoms with Crippen LogP contribution in [0.3, 0.4) is 0 Å². The van der Waals surface area contributed by atoms with E-state index in [1.54, 1.807) is 24.3 Å². The molecule has 0 fully saturated rings. The van der Waals surface area contributed by atoms with Gasteiger partial charge < -0.3 is 15.9 Å². The number of allylic oxidation sites excluding steroid dienone is 4. The topological polar surface area (TPSA) is 186 Å². The van der Waals surface area contributed by atoms with E-state index < -0.39 is 38.0 Å². The molecule has 0 saturated carbocycles. The number of nitrogens with one attached hydrogen (secondary N) is 2. The maximum absolute atomic E-state index is 10.7. The van der Waals surface area contributed by atoms with Crippen LogP contribution in [0.1, 0.15) is 10.4 Å². The number of carboxylic acids is 1. The molecule has 1 aliphatic carbocycles. The number of carboxylic acid groups (broad SMARTS) is 1. The van der Waals surface area contributed by atoms with Crippen LogP contribution in [0.25, 0.3) is 0 Å². The van der Waals surface area contributed by atoms with Gasteiger partial charge in [0.2, 0.25) is 0 Å². The first-order chi connectivity index (χ1) is 10.5. The highest BCUT2D eigenvalue weighted by molar-refractivity contribution is 7.85. The number of nitrogens with two attached hydrogens (primary N) is 1. The summed E-state index contributed by atoms with van der Waals surface area (Å²) in [6.45, 7) is 0. The Morgan fingerprint density at radius 2 is 1.57 bits per heavy atom. The van der Waals surface area contributed by atoms with Crippen LogP contribution >= 0.6 is 0 Å². The molecule has 0 spiro atoms. The van der Waals surface area contributed by atoms with Gasteiger partial charge in [0, 0.05) is 0 Å². The molecule has 1 aromatic carbocycles. The lowest BCUT2D eigenvalue weighted by atomic mass is 10.1. The van der Waals surface area contributed by atoms with E-state index in [9.17, 15) is 18.3 Å². The minimum atomic E-state index is -4.55. The van der Waals surface area contributed by atoms with Gasteiger partial charge in [0.15, 0.2) is 5.75 Å². The van der Waals surface area contributed by atoms with Crippen LogP contribution in [0.5, 0.6) is 5.75 Å². The van der Waals surface area contributed by atoms with Gasteiger partial charge in [-0.2, -0.15) is 8.42 Å². The summed E-state index contributed by atoms with van der Waals surface area (Å²) in [6, 6.07) is 1.38. The molecule has 0 unspecified atom stereocenters. The number of hydrogen-bond donors (Lipinski definition) is 6. The third kappa shape index (κ3) is 4.76. The van der Waals surface area contributed by atoms with Crippen molar-refractivity contribution in [3.05, 3.63) is 42.0 Å². The average Bonchev–Trinajstić information content (AvgIpc) is 2.44. The Balaban J connectivity index is 0.000000277. The molecule has 0 atom stereocenters. The maximum Gasteiger partial charge on any atom is 0.339 e. The van der Waals surface area contributed by atoms with Crippen molar-refractivity contribution in [2.45, 2.75) is 4.90 Å². The van der Waals surface area contributed by atoms with E-state index in [4.69, 9.17) is 26.2 Å². The molecular formula is C13H13N3O6S. The van der Waals surface area contributed by atoms with Crippen molar-refractivity contribution in [3.8, 4) is 5.75 Å². The number of carbonyl (C=O) groups is 1. The monoisotopic (exact) mass is 339 g/mol. The zero-order chi connectivity index (χ0) is 17.8. The number of rotatable bonds is 2. The lowest BCUT2D eigenvalue weighted by molar-refractivity contribution is 0.0693. The zero-order valence-corrected chi connectivity index (χ0v) is 12.3. The van der Waals surface area contributed by atoms with Crippen LogP contribution in [-0.4, -0.2) is 40.6 Å². The van der Waals surface area contributed by atoms with Gasteiger partial charge in [-0.05, 0) is 24.3 Å². The summed E-state index contributed by atoms with van der Waals surface area (Å²) in [6.07, 6.45) is 6.70. The van der Waals surface area contributed by atoms with Crippen molar-refractivity contribution in [1.82, 2.24) is 0 Å². The minimum Gasteiger partial charge on any atom is -0.505 e. The molecule has 1 aromatic rings. The minimum absolute atomic E-state index is 0.285. The van der Waals surface area contributed by atoms with Crippen molar-refractivity contribution in [2.75, 3.05) is 5.73 Å². The van der Waals surface area contributed by atoms with Crippen molar-refractivity contribution in [2.24, 2.45) is 0 Å². The maximum atomic E-state index is 10.7. The Morgan fingerprint density at radius 1 is 1.09 bits per heavy atom. The van der Waals surface area contributed by atoms with Gasteiger partial charge in [-0.3, -0.25) is 15.4 Å². The fourth-order valence-corrected chi connectivity index (χ4v) is 1.97. The Morgan fingerprint density at radius 3 is 1.91 bits per heavy atom. The molecular weight excluding hydrogens is 326 g/mol. The summed E-state index contributed by atoms with van der Waals surface area (Å²) < 4.78 is 30.0. The average molecular weight is 339 g/mol. The van der Waals surface area contributed by atoms with Crippen molar-refractivity contribution in [3.63, 3.8) is 0 Å². The van der Waals surface area contributed by atoms with Gasteiger partial charge in [-0.1, -0.05) is 12.2 Å². The third-order valence-corrected chi connectivity index (χ3v) is 3.40. The lowest BCUT2D eigenvalue weighted by Crippen LogP contribution is -2.06. The van der Waals surface area contributed by atoms with Crippen molar-refractivity contribution >= 4 is 33.2 Å². The SMILES string of the molecule is N=C1C=CC=CC1=N.Nc1cc(S(=O)(=O)O)cc(C(=O)O)c1O. The van der Waals surface area contributed by atoms with E-state index in [0.717, 1.165) is 6.07 Å². The Bertz CT molecular complexity index is 818. The van der Waals surface area contributed by atoms with E-state index in [0.29, 0.717) is 6.07 Å². The predicted octanol–water partition coefficient (Wildman–Crippen LogP) is 1.07. The molecule has 9 nitrogen and oxygen atoms in total. The van der Waals surface area contributed by atoms with Gasteiger partial charge in [0.05, 0.1) is 22.0 Å². The molecule has 0 radical (unpaired) electrons. The van der Waals surface area contributed by atoms with Crippen molar-refractivity contribution in [1.29, 1.82) is 10.8 Å². The second kappa shape index (κ2) is 6.85. The second-order valence-electron chi connectivity index (χ2n) is 4.23. The standard InChI is InChI=1S/C7H7NO6S.C6H6N2/c8-5-2-3(15(12,13)14)1-4(6(5)9)7(10)11;7-5-3-1-2-4-6(5)8/h1-2,9H,8H2,(H,10,11)(H,12,13,14);1-4,7-8H. The summed E-state index contributed by atoms with van der Waals surface area (Å²) in [5.41, 5.74) is 4.60.